The second-order valence-electron chi connectivity index (χ2n) is 8.28. The third kappa shape index (κ3) is 5.50. The van der Waals surface area contributed by atoms with Gasteiger partial charge < -0.3 is 19.5 Å². The van der Waals surface area contributed by atoms with Crippen LogP contribution in [-0.2, 0) is 16.1 Å². The number of carboxylic acids is 1. The van der Waals surface area contributed by atoms with Crippen molar-refractivity contribution in [2.45, 2.75) is 38.9 Å². The first-order chi connectivity index (χ1) is 13.7. The number of amides is 1. The SMILES string of the molecule is CC(C)(C)OC(=O)N1C[C@@H](C(=O)O)[C@H](c2ccc(OCc3ccccc3)cc2)C1. The predicted molar refractivity (Wildman–Crippen MR) is 109 cm³/mol. The second-order valence-corrected chi connectivity index (χ2v) is 8.28. The number of nitrogens with zero attached hydrogens (tertiary/aromatic N) is 1. The summed E-state index contributed by atoms with van der Waals surface area (Å²) < 4.78 is 11.2. The third-order valence-electron chi connectivity index (χ3n) is 4.85. The van der Waals surface area contributed by atoms with Crippen LogP contribution in [0.5, 0.6) is 5.75 Å². The molecule has 1 N–H and O–H groups in total. The smallest absolute Gasteiger partial charge is 0.410 e. The van der Waals surface area contributed by atoms with Gasteiger partial charge in [0, 0.05) is 19.0 Å². The Morgan fingerprint density at radius 1 is 1.03 bits per heavy atom. The Labute approximate surface area is 171 Å². The van der Waals surface area contributed by atoms with E-state index in [0.29, 0.717) is 18.9 Å². The van der Waals surface area contributed by atoms with Crippen molar-refractivity contribution in [2.75, 3.05) is 13.1 Å². The maximum atomic E-state index is 12.4. The molecule has 3 rings (SSSR count). The summed E-state index contributed by atoms with van der Waals surface area (Å²) in [5.41, 5.74) is 1.33. The van der Waals surface area contributed by atoms with Crippen LogP contribution in [0.3, 0.4) is 0 Å². The average Bonchev–Trinajstić information content (AvgIpc) is 3.12. The Bertz CT molecular complexity index is 842. The minimum absolute atomic E-state index is 0.140. The number of carboxylic acid groups (broad SMARTS) is 1. The van der Waals surface area contributed by atoms with Crippen LogP contribution in [0, 0.1) is 5.92 Å². The molecule has 1 aliphatic rings. The lowest BCUT2D eigenvalue weighted by Crippen LogP contribution is -2.35. The number of benzene rings is 2. The first-order valence-corrected chi connectivity index (χ1v) is 9.70. The van der Waals surface area contributed by atoms with Crippen molar-refractivity contribution in [3.8, 4) is 5.75 Å². The summed E-state index contributed by atoms with van der Waals surface area (Å²) in [5.74, 6) is -1.15. The maximum Gasteiger partial charge on any atom is 0.410 e. The van der Waals surface area contributed by atoms with Crippen molar-refractivity contribution >= 4 is 12.1 Å². The van der Waals surface area contributed by atoms with Crippen LogP contribution >= 0.6 is 0 Å². The summed E-state index contributed by atoms with van der Waals surface area (Å²) >= 11 is 0. The van der Waals surface area contributed by atoms with Gasteiger partial charge in [-0.15, -0.1) is 0 Å². The van der Waals surface area contributed by atoms with E-state index in [0.717, 1.165) is 11.1 Å². The summed E-state index contributed by atoms with van der Waals surface area (Å²) in [5, 5.41) is 9.64. The molecule has 1 fully saturated rings. The minimum Gasteiger partial charge on any atom is -0.489 e. The van der Waals surface area contributed by atoms with Gasteiger partial charge in [0.15, 0.2) is 0 Å². The number of rotatable bonds is 5. The fourth-order valence-corrected chi connectivity index (χ4v) is 3.42. The molecule has 6 heteroatoms. The molecule has 0 radical (unpaired) electrons. The number of aliphatic carboxylic acids is 1. The molecule has 0 saturated carbocycles. The Balaban J connectivity index is 1.67. The van der Waals surface area contributed by atoms with E-state index in [1.807, 2.05) is 54.6 Å². The molecular weight excluding hydrogens is 370 g/mol. The van der Waals surface area contributed by atoms with E-state index in [-0.39, 0.29) is 12.5 Å². The van der Waals surface area contributed by atoms with Gasteiger partial charge >= 0.3 is 12.1 Å². The van der Waals surface area contributed by atoms with Gasteiger partial charge in [-0.2, -0.15) is 0 Å². The maximum absolute atomic E-state index is 12.4. The highest BCUT2D eigenvalue weighted by atomic mass is 16.6. The molecule has 2 aromatic carbocycles. The van der Waals surface area contributed by atoms with E-state index in [1.165, 1.54) is 4.90 Å². The van der Waals surface area contributed by atoms with Gasteiger partial charge in [0.2, 0.25) is 0 Å². The molecule has 0 unspecified atom stereocenters. The van der Waals surface area contributed by atoms with Gasteiger partial charge in [-0.05, 0) is 44.0 Å². The number of hydrogen-bond donors (Lipinski definition) is 1. The highest BCUT2D eigenvalue weighted by Crippen LogP contribution is 2.34. The molecule has 0 aromatic heterocycles. The van der Waals surface area contributed by atoms with Gasteiger partial charge in [0.25, 0.3) is 0 Å². The number of likely N-dealkylation sites (tertiary alicyclic amines) is 1. The number of carbonyl (C=O) groups excluding carboxylic acids is 1. The monoisotopic (exact) mass is 397 g/mol. The van der Waals surface area contributed by atoms with Crippen LogP contribution < -0.4 is 4.74 Å². The number of ether oxygens (including phenoxy) is 2. The summed E-state index contributed by atoms with van der Waals surface area (Å²) in [6, 6.07) is 17.3. The van der Waals surface area contributed by atoms with Crippen LogP contribution in [0.15, 0.2) is 54.6 Å². The molecular formula is C23H27NO5. The Hall–Kier alpha value is -3.02. The quantitative estimate of drug-likeness (QED) is 0.814. The largest absolute Gasteiger partial charge is 0.489 e. The van der Waals surface area contributed by atoms with Gasteiger partial charge in [-0.25, -0.2) is 4.79 Å². The zero-order chi connectivity index (χ0) is 21.0. The lowest BCUT2D eigenvalue weighted by Gasteiger charge is -2.24. The Kier molecular flexibility index (Phi) is 6.11. The van der Waals surface area contributed by atoms with E-state index in [1.54, 1.807) is 20.8 Å². The number of carbonyl (C=O) groups is 2. The first kappa shape index (κ1) is 20.7. The predicted octanol–water partition coefficient (Wildman–Crippen LogP) is 4.30. The average molecular weight is 397 g/mol. The van der Waals surface area contributed by atoms with E-state index >= 15 is 0 Å². The van der Waals surface area contributed by atoms with E-state index in [9.17, 15) is 14.7 Å². The van der Waals surface area contributed by atoms with Gasteiger partial charge in [-0.1, -0.05) is 42.5 Å². The van der Waals surface area contributed by atoms with Gasteiger partial charge in [-0.3, -0.25) is 4.79 Å². The molecule has 1 aliphatic heterocycles. The lowest BCUT2D eigenvalue weighted by atomic mass is 9.89. The van der Waals surface area contributed by atoms with Crippen molar-refractivity contribution in [1.82, 2.24) is 4.90 Å². The fourth-order valence-electron chi connectivity index (χ4n) is 3.42. The standard InChI is InChI=1S/C23H27NO5/c1-23(2,3)29-22(27)24-13-19(20(14-24)21(25)26)17-9-11-18(12-10-17)28-15-16-7-5-4-6-8-16/h4-12,19-20H,13-15H2,1-3H3,(H,25,26)/t19-,20+/m0/s1. The molecule has 2 aromatic rings. The third-order valence-corrected chi connectivity index (χ3v) is 4.85. The van der Waals surface area contributed by atoms with Crippen molar-refractivity contribution < 1.29 is 24.2 Å². The molecule has 0 bridgehead atoms. The first-order valence-electron chi connectivity index (χ1n) is 9.70. The number of hydrogen-bond acceptors (Lipinski definition) is 4. The second kappa shape index (κ2) is 8.55. The minimum atomic E-state index is -0.912. The van der Waals surface area contributed by atoms with Crippen LogP contribution in [0.1, 0.15) is 37.8 Å². The zero-order valence-electron chi connectivity index (χ0n) is 17.0. The molecule has 2 atom stereocenters. The van der Waals surface area contributed by atoms with Gasteiger partial charge in [0.1, 0.15) is 18.0 Å². The highest BCUT2D eigenvalue weighted by molar-refractivity contribution is 5.76. The Morgan fingerprint density at radius 3 is 2.28 bits per heavy atom. The molecule has 0 aliphatic carbocycles. The van der Waals surface area contributed by atoms with Gasteiger partial charge in [0.05, 0.1) is 5.92 Å². The van der Waals surface area contributed by atoms with E-state index in [4.69, 9.17) is 9.47 Å². The molecule has 0 spiro atoms. The summed E-state index contributed by atoms with van der Waals surface area (Å²) in [6.45, 7) is 6.30. The summed E-state index contributed by atoms with van der Waals surface area (Å²) in [6.07, 6.45) is -0.478. The molecule has 1 heterocycles. The van der Waals surface area contributed by atoms with Crippen LogP contribution in [0.25, 0.3) is 0 Å². The summed E-state index contributed by atoms with van der Waals surface area (Å²) in [4.78, 5) is 25.6. The molecule has 1 saturated heterocycles. The highest BCUT2D eigenvalue weighted by Gasteiger charge is 2.41. The van der Waals surface area contributed by atoms with Crippen molar-refractivity contribution in [2.24, 2.45) is 5.92 Å². The zero-order valence-corrected chi connectivity index (χ0v) is 17.0. The molecule has 29 heavy (non-hydrogen) atoms. The molecule has 154 valence electrons. The van der Waals surface area contributed by atoms with Crippen LogP contribution in [0.2, 0.25) is 0 Å². The van der Waals surface area contributed by atoms with E-state index < -0.39 is 23.6 Å². The topological polar surface area (TPSA) is 76.1 Å². The van der Waals surface area contributed by atoms with Crippen molar-refractivity contribution in [3.63, 3.8) is 0 Å². The lowest BCUT2D eigenvalue weighted by molar-refractivity contribution is -0.141. The normalized spacial score (nSPS) is 19.1. The van der Waals surface area contributed by atoms with E-state index in [2.05, 4.69) is 0 Å². The van der Waals surface area contributed by atoms with Crippen LogP contribution in [0.4, 0.5) is 4.79 Å². The van der Waals surface area contributed by atoms with Crippen LogP contribution in [-0.4, -0.2) is 40.8 Å². The fraction of sp³-hybridized carbons (Fsp3) is 0.391. The molecule has 1 amide bonds. The van der Waals surface area contributed by atoms with Crippen molar-refractivity contribution in [3.05, 3.63) is 65.7 Å². The molecule has 6 nitrogen and oxygen atoms in total. The van der Waals surface area contributed by atoms with Crippen molar-refractivity contribution in [1.29, 1.82) is 0 Å². The Morgan fingerprint density at radius 2 is 1.69 bits per heavy atom. The summed E-state index contributed by atoms with van der Waals surface area (Å²) in [7, 11) is 0.